The van der Waals surface area contributed by atoms with Gasteiger partial charge in [0.25, 0.3) is 0 Å². The third-order valence-corrected chi connectivity index (χ3v) is 2.78. The van der Waals surface area contributed by atoms with Crippen LogP contribution >= 0.6 is 0 Å². The van der Waals surface area contributed by atoms with Crippen LogP contribution in [0.1, 0.15) is 18.1 Å². The smallest absolute Gasteiger partial charge is 0.119 e. The molecular weight excluding hydrogens is 236 g/mol. The molecule has 0 amide bonds. The second-order valence-corrected chi connectivity index (χ2v) is 4.11. The van der Waals surface area contributed by atoms with Gasteiger partial charge in [0.2, 0.25) is 0 Å². The van der Waals surface area contributed by atoms with Crippen LogP contribution in [0.25, 0.3) is 12.2 Å². The maximum atomic E-state index is 5.41. The molecule has 0 heterocycles. The lowest BCUT2D eigenvalue weighted by Crippen LogP contribution is -1.90. The average Bonchev–Trinajstić information content (AvgIpc) is 2.47. The fraction of sp³-hybridized carbons (Fsp3) is 0.176. The molecule has 0 radical (unpaired) electrons. The molecular formula is C17H18O2. The topological polar surface area (TPSA) is 18.5 Å². The molecule has 0 N–H and O–H groups in total. The predicted octanol–water partition coefficient (Wildman–Crippen LogP) is 4.26. The van der Waals surface area contributed by atoms with Crippen LogP contribution < -0.4 is 9.47 Å². The highest BCUT2D eigenvalue weighted by molar-refractivity contribution is 5.70. The Morgan fingerprint density at radius 3 is 1.68 bits per heavy atom. The molecule has 2 aromatic carbocycles. The molecule has 0 saturated carbocycles. The van der Waals surface area contributed by atoms with Crippen molar-refractivity contribution in [3.63, 3.8) is 0 Å². The highest BCUT2D eigenvalue weighted by Crippen LogP contribution is 2.16. The van der Waals surface area contributed by atoms with Crippen molar-refractivity contribution in [1.29, 1.82) is 0 Å². The summed E-state index contributed by atoms with van der Waals surface area (Å²) in [6.45, 7) is 2.68. The van der Waals surface area contributed by atoms with Crippen LogP contribution in [0.15, 0.2) is 48.5 Å². The summed E-state index contributed by atoms with van der Waals surface area (Å²) in [6.07, 6.45) is 4.16. The molecule has 0 fully saturated rings. The molecule has 0 unspecified atom stereocenters. The fourth-order valence-corrected chi connectivity index (χ4v) is 1.75. The lowest BCUT2D eigenvalue weighted by molar-refractivity contribution is 0.340. The Kier molecular flexibility index (Phi) is 4.62. The van der Waals surface area contributed by atoms with E-state index in [1.54, 1.807) is 7.11 Å². The minimum atomic E-state index is 0.695. The molecule has 0 saturated heterocycles. The van der Waals surface area contributed by atoms with E-state index in [0.29, 0.717) is 6.61 Å². The molecule has 98 valence electrons. The normalized spacial score (nSPS) is 10.6. The van der Waals surface area contributed by atoms with Crippen molar-refractivity contribution in [1.82, 2.24) is 0 Å². The Morgan fingerprint density at radius 1 is 0.789 bits per heavy atom. The Hall–Kier alpha value is -2.22. The van der Waals surface area contributed by atoms with Gasteiger partial charge in [0.1, 0.15) is 11.5 Å². The van der Waals surface area contributed by atoms with Gasteiger partial charge in [-0.15, -0.1) is 0 Å². The Labute approximate surface area is 114 Å². The lowest BCUT2D eigenvalue weighted by atomic mass is 10.1. The molecule has 2 heteroatoms. The first-order valence-corrected chi connectivity index (χ1v) is 6.37. The van der Waals surface area contributed by atoms with E-state index < -0.39 is 0 Å². The summed E-state index contributed by atoms with van der Waals surface area (Å²) in [5.41, 5.74) is 2.30. The van der Waals surface area contributed by atoms with Gasteiger partial charge in [-0.1, -0.05) is 36.4 Å². The van der Waals surface area contributed by atoms with Gasteiger partial charge in [-0.25, -0.2) is 0 Å². The quantitative estimate of drug-likeness (QED) is 0.742. The first-order valence-electron chi connectivity index (χ1n) is 6.37. The first kappa shape index (κ1) is 13.2. The van der Waals surface area contributed by atoms with Crippen molar-refractivity contribution >= 4 is 12.2 Å². The van der Waals surface area contributed by atoms with Crippen LogP contribution in [0, 0.1) is 0 Å². The SMILES string of the molecule is CCOc1ccc(C=Cc2ccc(OC)cc2)cc1. The third kappa shape index (κ3) is 3.88. The second-order valence-electron chi connectivity index (χ2n) is 4.11. The number of ether oxygens (including phenoxy) is 2. The monoisotopic (exact) mass is 254 g/mol. The summed E-state index contributed by atoms with van der Waals surface area (Å²) in [5, 5.41) is 0. The van der Waals surface area contributed by atoms with Crippen LogP contribution in [0.4, 0.5) is 0 Å². The summed E-state index contributed by atoms with van der Waals surface area (Å²) in [7, 11) is 1.67. The van der Waals surface area contributed by atoms with Crippen molar-refractivity contribution in [3.8, 4) is 11.5 Å². The van der Waals surface area contributed by atoms with Crippen LogP contribution in [0.2, 0.25) is 0 Å². The maximum Gasteiger partial charge on any atom is 0.119 e. The van der Waals surface area contributed by atoms with Crippen LogP contribution in [-0.2, 0) is 0 Å². The molecule has 2 nitrogen and oxygen atoms in total. The van der Waals surface area contributed by atoms with E-state index in [1.165, 1.54) is 0 Å². The van der Waals surface area contributed by atoms with Crippen LogP contribution in [0.3, 0.4) is 0 Å². The summed E-state index contributed by atoms with van der Waals surface area (Å²) >= 11 is 0. The number of rotatable bonds is 5. The van der Waals surface area contributed by atoms with E-state index in [9.17, 15) is 0 Å². The van der Waals surface area contributed by atoms with Gasteiger partial charge in [-0.05, 0) is 42.3 Å². The predicted molar refractivity (Wildman–Crippen MR) is 79.5 cm³/mol. The average molecular weight is 254 g/mol. The summed E-state index contributed by atoms with van der Waals surface area (Å²) in [6, 6.07) is 16.0. The Morgan fingerprint density at radius 2 is 1.26 bits per heavy atom. The standard InChI is InChI=1S/C17H18O2/c1-3-19-17-12-8-15(9-13-17)5-4-14-6-10-16(18-2)11-7-14/h4-13H,3H2,1-2H3. The number of hydrogen-bond donors (Lipinski definition) is 0. The van der Waals surface area contributed by atoms with E-state index in [0.717, 1.165) is 22.6 Å². The minimum Gasteiger partial charge on any atom is -0.497 e. The zero-order valence-electron chi connectivity index (χ0n) is 11.3. The lowest BCUT2D eigenvalue weighted by Gasteiger charge is -2.02. The zero-order valence-corrected chi connectivity index (χ0v) is 11.3. The van der Waals surface area contributed by atoms with E-state index in [1.807, 2.05) is 55.5 Å². The van der Waals surface area contributed by atoms with E-state index >= 15 is 0 Å². The van der Waals surface area contributed by atoms with Crippen molar-refractivity contribution in [2.24, 2.45) is 0 Å². The summed E-state index contributed by atoms with van der Waals surface area (Å²) in [4.78, 5) is 0. The Balaban J connectivity index is 2.04. The Bertz CT molecular complexity index is 524. The molecule has 2 aromatic rings. The molecule has 0 aliphatic carbocycles. The fourth-order valence-electron chi connectivity index (χ4n) is 1.75. The van der Waals surface area contributed by atoms with Gasteiger partial charge in [0, 0.05) is 0 Å². The number of benzene rings is 2. The van der Waals surface area contributed by atoms with Gasteiger partial charge in [0.05, 0.1) is 13.7 Å². The number of methoxy groups -OCH3 is 1. The van der Waals surface area contributed by atoms with Crippen LogP contribution in [-0.4, -0.2) is 13.7 Å². The van der Waals surface area contributed by atoms with Gasteiger partial charge in [-0.2, -0.15) is 0 Å². The highest BCUT2D eigenvalue weighted by Gasteiger charge is 1.93. The van der Waals surface area contributed by atoms with E-state index in [4.69, 9.17) is 9.47 Å². The summed E-state index contributed by atoms with van der Waals surface area (Å²) in [5.74, 6) is 1.78. The van der Waals surface area contributed by atoms with Gasteiger partial charge in [-0.3, -0.25) is 0 Å². The third-order valence-electron chi connectivity index (χ3n) is 2.78. The van der Waals surface area contributed by atoms with Gasteiger partial charge in [0.15, 0.2) is 0 Å². The highest BCUT2D eigenvalue weighted by atomic mass is 16.5. The summed E-state index contributed by atoms with van der Waals surface area (Å²) < 4.78 is 10.5. The largest absolute Gasteiger partial charge is 0.497 e. The van der Waals surface area contributed by atoms with Crippen molar-refractivity contribution in [3.05, 3.63) is 59.7 Å². The first-order chi connectivity index (χ1) is 9.31. The van der Waals surface area contributed by atoms with Gasteiger partial charge >= 0.3 is 0 Å². The molecule has 2 rings (SSSR count). The molecule has 0 aliphatic rings. The minimum absolute atomic E-state index is 0.695. The molecule has 0 bridgehead atoms. The van der Waals surface area contributed by atoms with Crippen LogP contribution in [0.5, 0.6) is 11.5 Å². The van der Waals surface area contributed by atoms with Crippen molar-refractivity contribution in [2.45, 2.75) is 6.92 Å². The van der Waals surface area contributed by atoms with Crippen molar-refractivity contribution in [2.75, 3.05) is 13.7 Å². The van der Waals surface area contributed by atoms with Gasteiger partial charge < -0.3 is 9.47 Å². The van der Waals surface area contributed by atoms with E-state index in [2.05, 4.69) is 12.2 Å². The molecule has 0 atom stereocenters. The van der Waals surface area contributed by atoms with Crippen molar-refractivity contribution < 1.29 is 9.47 Å². The zero-order chi connectivity index (χ0) is 13.5. The molecule has 19 heavy (non-hydrogen) atoms. The molecule has 0 aromatic heterocycles. The second kappa shape index (κ2) is 6.64. The molecule has 0 spiro atoms. The molecule has 0 aliphatic heterocycles. The van der Waals surface area contributed by atoms with E-state index in [-0.39, 0.29) is 0 Å². The number of hydrogen-bond acceptors (Lipinski definition) is 2. The maximum absolute atomic E-state index is 5.41.